The lowest BCUT2D eigenvalue weighted by atomic mass is 10.1. The van der Waals surface area contributed by atoms with Gasteiger partial charge in [0.25, 0.3) is 0 Å². The standard InChI is InChI=1S/C23H24N4O3/c1-2-28-20-6-4-3-5-16(20)13-27-10-9-19-17(14-27)12-24-23(26-19)25-18-7-8-21-22(11-18)30-15-29-21/h3-8,11-12H,2,9-10,13-15H2,1H3,(H,24,25,26). The molecule has 2 aliphatic rings. The maximum Gasteiger partial charge on any atom is 0.231 e. The average molecular weight is 404 g/mol. The molecule has 0 atom stereocenters. The van der Waals surface area contributed by atoms with Crippen LogP contribution in [0.15, 0.2) is 48.7 Å². The van der Waals surface area contributed by atoms with Crippen molar-refractivity contribution < 1.29 is 14.2 Å². The van der Waals surface area contributed by atoms with Crippen LogP contribution in [0.1, 0.15) is 23.7 Å². The first-order valence-electron chi connectivity index (χ1n) is 10.2. The van der Waals surface area contributed by atoms with E-state index in [4.69, 9.17) is 19.2 Å². The number of para-hydroxylation sites is 1. The van der Waals surface area contributed by atoms with Gasteiger partial charge < -0.3 is 19.5 Å². The fourth-order valence-corrected chi connectivity index (χ4v) is 3.84. The van der Waals surface area contributed by atoms with Crippen LogP contribution in [0.5, 0.6) is 17.2 Å². The smallest absolute Gasteiger partial charge is 0.231 e. The highest BCUT2D eigenvalue weighted by Crippen LogP contribution is 2.35. The molecule has 3 heterocycles. The fourth-order valence-electron chi connectivity index (χ4n) is 3.84. The zero-order valence-corrected chi connectivity index (χ0v) is 16.9. The minimum absolute atomic E-state index is 0.264. The molecule has 0 radical (unpaired) electrons. The van der Waals surface area contributed by atoms with Gasteiger partial charge in [0.1, 0.15) is 5.75 Å². The molecule has 2 aliphatic heterocycles. The lowest BCUT2D eigenvalue weighted by Crippen LogP contribution is -2.31. The van der Waals surface area contributed by atoms with E-state index >= 15 is 0 Å². The van der Waals surface area contributed by atoms with Crippen LogP contribution in [0.4, 0.5) is 11.6 Å². The van der Waals surface area contributed by atoms with Gasteiger partial charge in [0.05, 0.1) is 12.3 Å². The molecule has 154 valence electrons. The Morgan fingerprint density at radius 2 is 2.03 bits per heavy atom. The van der Waals surface area contributed by atoms with Crippen LogP contribution in [0.3, 0.4) is 0 Å². The summed E-state index contributed by atoms with van der Waals surface area (Å²) in [4.78, 5) is 11.7. The van der Waals surface area contributed by atoms with Gasteiger partial charge in [0.15, 0.2) is 11.5 Å². The number of ether oxygens (including phenoxy) is 3. The van der Waals surface area contributed by atoms with Crippen LogP contribution in [-0.2, 0) is 19.5 Å². The fraction of sp³-hybridized carbons (Fsp3) is 0.304. The summed E-state index contributed by atoms with van der Waals surface area (Å²) >= 11 is 0. The normalized spacial score (nSPS) is 15.0. The highest BCUT2D eigenvalue weighted by Gasteiger charge is 2.20. The largest absolute Gasteiger partial charge is 0.494 e. The molecule has 0 amide bonds. The first kappa shape index (κ1) is 18.7. The van der Waals surface area contributed by atoms with E-state index in [9.17, 15) is 0 Å². The van der Waals surface area contributed by atoms with E-state index in [2.05, 4.69) is 27.3 Å². The average Bonchev–Trinajstić information content (AvgIpc) is 3.23. The molecule has 7 heteroatoms. The van der Waals surface area contributed by atoms with Gasteiger partial charge in [-0.2, -0.15) is 0 Å². The summed E-state index contributed by atoms with van der Waals surface area (Å²) in [6.45, 7) is 5.59. The van der Waals surface area contributed by atoms with E-state index in [0.717, 1.165) is 54.7 Å². The quantitative estimate of drug-likeness (QED) is 0.668. The van der Waals surface area contributed by atoms with Crippen LogP contribution in [0, 0.1) is 0 Å². The Morgan fingerprint density at radius 1 is 1.13 bits per heavy atom. The van der Waals surface area contributed by atoms with E-state index < -0.39 is 0 Å². The Bertz CT molecular complexity index is 1060. The number of benzene rings is 2. The second kappa shape index (κ2) is 8.20. The van der Waals surface area contributed by atoms with Crippen molar-refractivity contribution in [2.75, 3.05) is 25.3 Å². The summed E-state index contributed by atoms with van der Waals surface area (Å²) in [7, 11) is 0. The molecule has 5 rings (SSSR count). The summed E-state index contributed by atoms with van der Waals surface area (Å²) in [6.07, 6.45) is 2.82. The van der Waals surface area contributed by atoms with Crippen molar-refractivity contribution in [2.24, 2.45) is 0 Å². The minimum Gasteiger partial charge on any atom is -0.494 e. The molecule has 0 spiro atoms. The molecule has 0 fully saturated rings. The molecule has 1 aromatic heterocycles. The van der Waals surface area contributed by atoms with Crippen molar-refractivity contribution in [3.05, 3.63) is 65.5 Å². The number of hydrogen-bond acceptors (Lipinski definition) is 7. The van der Waals surface area contributed by atoms with Gasteiger partial charge >= 0.3 is 0 Å². The summed E-state index contributed by atoms with van der Waals surface area (Å²) in [5, 5.41) is 3.27. The second-order valence-corrected chi connectivity index (χ2v) is 7.36. The molecule has 0 saturated carbocycles. The summed E-state index contributed by atoms with van der Waals surface area (Å²) in [5.41, 5.74) is 4.36. The Balaban J connectivity index is 1.27. The molecular weight excluding hydrogens is 380 g/mol. The number of anilines is 2. The summed E-state index contributed by atoms with van der Waals surface area (Å²) in [6, 6.07) is 14.0. The third kappa shape index (κ3) is 3.89. The Kier molecular flexibility index (Phi) is 5.11. The third-order valence-electron chi connectivity index (χ3n) is 5.31. The summed E-state index contributed by atoms with van der Waals surface area (Å²) < 4.78 is 16.6. The lowest BCUT2D eigenvalue weighted by molar-refractivity contribution is 0.174. The van der Waals surface area contributed by atoms with Gasteiger partial charge in [0, 0.05) is 55.1 Å². The van der Waals surface area contributed by atoms with Crippen molar-refractivity contribution in [1.82, 2.24) is 14.9 Å². The van der Waals surface area contributed by atoms with Gasteiger partial charge in [-0.25, -0.2) is 9.97 Å². The molecule has 0 aliphatic carbocycles. The van der Waals surface area contributed by atoms with Gasteiger partial charge in [-0.3, -0.25) is 4.90 Å². The van der Waals surface area contributed by atoms with Gasteiger partial charge in [-0.15, -0.1) is 0 Å². The number of nitrogens with zero attached hydrogens (tertiary/aromatic N) is 3. The molecule has 7 nitrogen and oxygen atoms in total. The lowest BCUT2D eigenvalue weighted by Gasteiger charge is -2.28. The SMILES string of the molecule is CCOc1ccccc1CN1CCc2nc(Nc3ccc4c(c3)OCO4)ncc2C1. The van der Waals surface area contributed by atoms with E-state index in [1.807, 2.05) is 43.5 Å². The first-order valence-corrected chi connectivity index (χ1v) is 10.2. The molecule has 3 aromatic rings. The van der Waals surface area contributed by atoms with E-state index in [1.54, 1.807) is 0 Å². The van der Waals surface area contributed by atoms with E-state index in [0.29, 0.717) is 12.6 Å². The molecule has 1 N–H and O–H groups in total. The molecular formula is C23H24N4O3. The zero-order chi connectivity index (χ0) is 20.3. The van der Waals surface area contributed by atoms with Crippen molar-refractivity contribution in [2.45, 2.75) is 26.4 Å². The highest BCUT2D eigenvalue weighted by atomic mass is 16.7. The van der Waals surface area contributed by atoms with Crippen molar-refractivity contribution in [3.63, 3.8) is 0 Å². The third-order valence-corrected chi connectivity index (χ3v) is 5.31. The molecule has 2 aromatic carbocycles. The predicted molar refractivity (Wildman–Crippen MR) is 113 cm³/mol. The van der Waals surface area contributed by atoms with Crippen LogP contribution >= 0.6 is 0 Å². The van der Waals surface area contributed by atoms with Crippen LogP contribution in [0.2, 0.25) is 0 Å². The van der Waals surface area contributed by atoms with Crippen LogP contribution in [-0.4, -0.2) is 34.8 Å². The van der Waals surface area contributed by atoms with Crippen molar-refractivity contribution >= 4 is 11.6 Å². The number of rotatable bonds is 6. The predicted octanol–water partition coefficient (Wildman–Crippen LogP) is 3.91. The van der Waals surface area contributed by atoms with Gasteiger partial charge in [0.2, 0.25) is 12.7 Å². The van der Waals surface area contributed by atoms with Gasteiger partial charge in [-0.1, -0.05) is 18.2 Å². The molecule has 30 heavy (non-hydrogen) atoms. The first-order chi connectivity index (χ1) is 14.8. The number of nitrogens with one attached hydrogen (secondary N) is 1. The van der Waals surface area contributed by atoms with E-state index in [1.165, 1.54) is 11.1 Å². The van der Waals surface area contributed by atoms with Crippen LogP contribution in [0.25, 0.3) is 0 Å². The Hall–Kier alpha value is -3.32. The van der Waals surface area contributed by atoms with Gasteiger partial charge in [-0.05, 0) is 25.1 Å². The Labute approximate surface area is 175 Å². The van der Waals surface area contributed by atoms with Crippen molar-refractivity contribution in [1.29, 1.82) is 0 Å². The molecule has 0 unspecified atom stereocenters. The highest BCUT2D eigenvalue weighted by molar-refractivity contribution is 5.60. The van der Waals surface area contributed by atoms with E-state index in [-0.39, 0.29) is 6.79 Å². The minimum atomic E-state index is 0.264. The maximum absolute atomic E-state index is 5.77. The molecule has 0 bridgehead atoms. The number of aromatic nitrogens is 2. The second-order valence-electron chi connectivity index (χ2n) is 7.36. The van der Waals surface area contributed by atoms with Crippen molar-refractivity contribution in [3.8, 4) is 17.2 Å². The maximum atomic E-state index is 5.77. The Morgan fingerprint density at radius 3 is 2.97 bits per heavy atom. The topological polar surface area (TPSA) is 68.7 Å². The monoisotopic (exact) mass is 404 g/mol. The summed E-state index contributed by atoms with van der Waals surface area (Å²) in [5.74, 6) is 3.06. The zero-order valence-electron chi connectivity index (χ0n) is 16.9. The van der Waals surface area contributed by atoms with Crippen LogP contribution < -0.4 is 19.5 Å². The number of hydrogen-bond donors (Lipinski definition) is 1. The number of fused-ring (bicyclic) bond motifs is 2. The molecule has 0 saturated heterocycles.